The van der Waals surface area contributed by atoms with Crippen LogP contribution in [0.1, 0.15) is 22.3 Å². The smallest absolute Gasteiger partial charge is 0.240 e. The summed E-state index contributed by atoms with van der Waals surface area (Å²) in [7, 11) is 0. The van der Waals surface area contributed by atoms with Gasteiger partial charge in [0, 0.05) is 30.4 Å². The summed E-state index contributed by atoms with van der Waals surface area (Å²) in [6.45, 7) is 0. The van der Waals surface area contributed by atoms with E-state index in [9.17, 15) is 14.4 Å². The number of piperidine rings is 1. The van der Waals surface area contributed by atoms with Crippen LogP contribution in [0.4, 0.5) is 5.69 Å². The molecule has 5 heterocycles. The van der Waals surface area contributed by atoms with E-state index in [1.54, 1.807) is 55.1 Å². The molecule has 2 fully saturated rings. The molecule has 2 bridgehead atoms. The van der Waals surface area contributed by atoms with Gasteiger partial charge in [0.15, 0.2) is 0 Å². The van der Waals surface area contributed by atoms with Gasteiger partial charge in [0.2, 0.25) is 17.7 Å². The molecule has 4 aromatic rings. The van der Waals surface area contributed by atoms with Gasteiger partial charge in [-0.15, -0.1) is 0 Å². The van der Waals surface area contributed by atoms with Crippen molar-refractivity contribution < 1.29 is 14.4 Å². The first-order chi connectivity index (χ1) is 18.1. The predicted molar refractivity (Wildman–Crippen MR) is 135 cm³/mol. The summed E-state index contributed by atoms with van der Waals surface area (Å²) in [6, 6.07) is 24.0. The minimum atomic E-state index is -1.27. The number of aromatic nitrogens is 2. The Hall–Kier alpha value is -4.65. The van der Waals surface area contributed by atoms with E-state index >= 15 is 0 Å². The monoisotopic (exact) mass is 486 g/mol. The molecule has 4 aliphatic rings. The maximum Gasteiger partial charge on any atom is 0.240 e. The Balaban J connectivity index is 1.55. The largest absolute Gasteiger partial charge is 0.341 e. The van der Waals surface area contributed by atoms with Gasteiger partial charge in [-0.05, 0) is 47.4 Å². The average Bonchev–Trinajstić information content (AvgIpc) is 3.22. The molecule has 7 nitrogen and oxygen atoms in total. The fourth-order valence-corrected chi connectivity index (χ4v) is 6.80. The van der Waals surface area contributed by atoms with Crippen molar-refractivity contribution in [1.82, 2.24) is 15.3 Å². The number of para-hydroxylation sites is 1. The topological polar surface area (TPSA) is 92.3 Å². The van der Waals surface area contributed by atoms with Crippen molar-refractivity contribution in [2.45, 2.75) is 17.4 Å². The Kier molecular flexibility index (Phi) is 4.48. The molecule has 1 aliphatic carbocycles. The van der Waals surface area contributed by atoms with Gasteiger partial charge in [-0.3, -0.25) is 24.4 Å². The number of carbonyl (C=O) groups is 3. The first kappa shape index (κ1) is 21.6. The van der Waals surface area contributed by atoms with Crippen molar-refractivity contribution in [3.63, 3.8) is 0 Å². The summed E-state index contributed by atoms with van der Waals surface area (Å²) in [5, 5.41) is 3.26. The highest BCUT2D eigenvalue weighted by Gasteiger charge is 2.75. The average molecular weight is 487 g/mol. The van der Waals surface area contributed by atoms with Gasteiger partial charge in [-0.1, -0.05) is 54.6 Å². The Labute approximate surface area is 213 Å². The normalized spacial score (nSPS) is 27.6. The molecule has 0 saturated carbocycles. The van der Waals surface area contributed by atoms with Crippen LogP contribution in [-0.2, 0) is 31.8 Å². The molecule has 1 N–H and O–H groups in total. The lowest BCUT2D eigenvalue weighted by atomic mass is 9.47. The fourth-order valence-electron chi connectivity index (χ4n) is 6.80. The van der Waals surface area contributed by atoms with Gasteiger partial charge in [0.25, 0.3) is 0 Å². The Morgan fingerprint density at radius 3 is 2.11 bits per heavy atom. The van der Waals surface area contributed by atoms with Gasteiger partial charge in [0.1, 0.15) is 5.54 Å². The molecule has 37 heavy (non-hydrogen) atoms. The highest BCUT2D eigenvalue weighted by Crippen LogP contribution is 2.62. The maximum atomic E-state index is 14.4. The summed E-state index contributed by atoms with van der Waals surface area (Å²) in [5.41, 5.74) is 1.09. The number of imide groups is 1. The van der Waals surface area contributed by atoms with E-state index in [0.717, 1.165) is 16.7 Å². The summed E-state index contributed by atoms with van der Waals surface area (Å²) in [6.07, 6.45) is 6.97. The van der Waals surface area contributed by atoms with Gasteiger partial charge in [-0.2, -0.15) is 0 Å². The number of carbonyl (C=O) groups excluding carboxylic acids is 3. The number of fused-ring (bicyclic) bond motifs is 1. The molecule has 2 aromatic carbocycles. The van der Waals surface area contributed by atoms with Gasteiger partial charge < -0.3 is 5.32 Å². The lowest BCUT2D eigenvalue weighted by Crippen LogP contribution is -2.73. The number of nitrogens with zero attached hydrogens (tertiary/aromatic N) is 3. The van der Waals surface area contributed by atoms with Crippen molar-refractivity contribution in [2.24, 2.45) is 11.8 Å². The molecule has 4 atom stereocenters. The minimum Gasteiger partial charge on any atom is -0.341 e. The highest BCUT2D eigenvalue weighted by atomic mass is 16.2. The van der Waals surface area contributed by atoms with E-state index in [2.05, 4.69) is 15.3 Å². The van der Waals surface area contributed by atoms with Gasteiger partial charge in [0.05, 0.1) is 22.9 Å². The van der Waals surface area contributed by atoms with Crippen LogP contribution in [0, 0.1) is 11.8 Å². The fraction of sp³-hybridized carbons (Fsp3) is 0.167. The van der Waals surface area contributed by atoms with E-state index in [4.69, 9.17) is 0 Å². The van der Waals surface area contributed by atoms with E-state index < -0.39 is 22.8 Å². The zero-order valence-electron chi connectivity index (χ0n) is 19.7. The van der Waals surface area contributed by atoms with Crippen molar-refractivity contribution in [2.75, 3.05) is 4.90 Å². The molecular formula is C30H22N4O3. The van der Waals surface area contributed by atoms with Gasteiger partial charge in [-0.25, -0.2) is 4.90 Å². The highest BCUT2D eigenvalue weighted by molar-refractivity contribution is 6.25. The molecule has 180 valence electrons. The lowest BCUT2D eigenvalue weighted by Gasteiger charge is -2.58. The number of hydrogen-bond donors (Lipinski definition) is 1. The minimum absolute atomic E-state index is 0.246. The second-order valence-corrected chi connectivity index (χ2v) is 9.86. The van der Waals surface area contributed by atoms with Crippen LogP contribution in [0.5, 0.6) is 0 Å². The number of benzene rings is 2. The second-order valence-electron chi connectivity index (χ2n) is 9.86. The molecule has 0 spiro atoms. The number of hydrogen-bond acceptors (Lipinski definition) is 5. The van der Waals surface area contributed by atoms with Crippen LogP contribution < -0.4 is 10.2 Å². The summed E-state index contributed by atoms with van der Waals surface area (Å²) < 4.78 is 0. The van der Waals surface area contributed by atoms with E-state index in [-0.39, 0.29) is 24.1 Å². The van der Waals surface area contributed by atoms with Crippen molar-refractivity contribution in [1.29, 1.82) is 0 Å². The quantitative estimate of drug-likeness (QED) is 0.448. The van der Waals surface area contributed by atoms with Crippen LogP contribution in [0.15, 0.2) is 104 Å². The van der Waals surface area contributed by atoms with Crippen molar-refractivity contribution in [3.8, 4) is 0 Å². The number of anilines is 1. The number of nitrogens with one attached hydrogen (secondary N) is 1. The zero-order chi connectivity index (χ0) is 25.2. The standard InChI is InChI=1S/C30H22N4O3/c35-26-24-25(27(36)34(26)21-10-2-1-3-11-21)30(20-9-7-15-32-18-20)23-13-5-4-12-22(23)29(24,28(37)33-30)16-19-8-6-14-31-17-19/h1-15,17-18,24-25H,16H2,(H,33,37)/t24-,25-,29+,30+/m1/s1. The van der Waals surface area contributed by atoms with Crippen LogP contribution >= 0.6 is 0 Å². The molecule has 8 rings (SSSR count). The third-order valence-corrected chi connectivity index (χ3v) is 8.19. The summed E-state index contributed by atoms with van der Waals surface area (Å²) >= 11 is 0. The van der Waals surface area contributed by atoms with Crippen LogP contribution in [0.2, 0.25) is 0 Å². The number of amides is 3. The third-order valence-electron chi connectivity index (χ3n) is 8.19. The SMILES string of the molecule is O=C1[C@H]2[C@H](C(=O)N1c1ccccc1)[C@@]1(Cc3cccnc3)C(=O)N[C@@]2(c2cccnc2)c2ccccc21. The Morgan fingerprint density at radius 1 is 0.730 bits per heavy atom. The van der Waals surface area contributed by atoms with E-state index in [1.165, 1.54) is 4.90 Å². The van der Waals surface area contributed by atoms with Crippen LogP contribution in [0.25, 0.3) is 0 Å². The second kappa shape index (κ2) is 7.67. The van der Waals surface area contributed by atoms with Gasteiger partial charge >= 0.3 is 0 Å². The molecular weight excluding hydrogens is 464 g/mol. The first-order valence-corrected chi connectivity index (χ1v) is 12.2. The molecule has 0 radical (unpaired) electrons. The molecule has 7 heteroatoms. The zero-order valence-corrected chi connectivity index (χ0v) is 19.7. The summed E-state index contributed by atoms with van der Waals surface area (Å²) in [4.78, 5) is 52.9. The number of rotatable bonds is 4. The molecule has 3 amide bonds. The van der Waals surface area contributed by atoms with Crippen molar-refractivity contribution >= 4 is 23.4 Å². The predicted octanol–water partition coefficient (Wildman–Crippen LogP) is 3.15. The molecule has 2 aromatic heterocycles. The number of pyridine rings is 2. The van der Waals surface area contributed by atoms with Crippen molar-refractivity contribution in [3.05, 3.63) is 126 Å². The Bertz CT molecular complexity index is 1560. The van der Waals surface area contributed by atoms with Crippen LogP contribution in [0.3, 0.4) is 0 Å². The molecule has 2 saturated heterocycles. The lowest BCUT2D eigenvalue weighted by molar-refractivity contribution is -0.148. The molecule has 0 unspecified atom stereocenters. The van der Waals surface area contributed by atoms with Crippen LogP contribution in [-0.4, -0.2) is 27.7 Å². The van der Waals surface area contributed by atoms with E-state index in [1.807, 2.05) is 48.5 Å². The third kappa shape index (κ3) is 2.68. The first-order valence-electron chi connectivity index (χ1n) is 12.2. The van der Waals surface area contributed by atoms with E-state index in [0.29, 0.717) is 11.3 Å². The Morgan fingerprint density at radius 2 is 1.41 bits per heavy atom. The maximum absolute atomic E-state index is 14.4. The summed E-state index contributed by atoms with van der Waals surface area (Å²) in [5.74, 6) is -2.69. The molecule has 3 aliphatic heterocycles.